The van der Waals surface area contributed by atoms with E-state index in [1.165, 1.54) is 0 Å². The van der Waals surface area contributed by atoms with Gasteiger partial charge in [0, 0.05) is 0 Å². The zero-order valence-electron chi connectivity index (χ0n) is 36.1. The van der Waals surface area contributed by atoms with Crippen LogP contribution in [0.4, 0.5) is 0 Å². The van der Waals surface area contributed by atoms with Crippen LogP contribution in [-0.4, -0.2) is 29.9 Å². The summed E-state index contributed by atoms with van der Waals surface area (Å²) >= 11 is 0. The van der Waals surface area contributed by atoms with E-state index in [4.69, 9.17) is 29.9 Å². The van der Waals surface area contributed by atoms with Gasteiger partial charge in [0.2, 0.25) is 0 Å². The zero-order valence-corrected chi connectivity index (χ0v) is 36.1. The van der Waals surface area contributed by atoms with E-state index in [1.807, 2.05) is 0 Å². The molecule has 0 unspecified atom stereocenters. The molecule has 3 aromatic heterocycles. The summed E-state index contributed by atoms with van der Waals surface area (Å²) in [5.41, 5.74) is 15.7. The van der Waals surface area contributed by atoms with Crippen LogP contribution < -0.4 is 0 Å². The average Bonchev–Trinajstić information content (AvgIpc) is 3.01. The molecule has 0 radical (unpaired) electrons. The summed E-state index contributed by atoms with van der Waals surface area (Å²) in [7, 11) is 0. The second-order valence-corrected chi connectivity index (χ2v) is 21.8. The largest absolute Gasteiger partial charge is 0.242 e. The van der Waals surface area contributed by atoms with Crippen LogP contribution in [0.2, 0.25) is 0 Å². The summed E-state index contributed by atoms with van der Waals surface area (Å²) in [4.78, 5) is 33.9. The molecular formula is C48H60N6. The smallest absolute Gasteiger partial charge is 0.120 e. The Kier molecular flexibility index (Phi) is 8.16. The van der Waals surface area contributed by atoms with Gasteiger partial charge in [-0.3, -0.25) is 0 Å². The number of aromatic nitrogens is 6. The van der Waals surface area contributed by atoms with Crippen LogP contribution >= 0.6 is 0 Å². The highest BCUT2D eigenvalue weighted by Gasteiger charge is 2.31. The van der Waals surface area contributed by atoms with Gasteiger partial charge in [-0.25, -0.2) is 29.9 Å². The Labute approximate surface area is 322 Å². The highest BCUT2D eigenvalue weighted by Crippen LogP contribution is 2.43. The Hall–Kier alpha value is -4.32. The van der Waals surface area contributed by atoms with Crippen molar-refractivity contribution in [1.29, 1.82) is 0 Å². The van der Waals surface area contributed by atoms with E-state index < -0.39 is 0 Å². The van der Waals surface area contributed by atoms with E-state index in [0.29, 0.717) is 0 Å². The molecule has 0 bridgehead atoms. The predicted molar refractivity (Wildman–Crippen MR) is 230 cm³/mol. The normalized spacial score (nSPS) is 14.1. The van der Waals surface area contributed by atoms with Gasteiger partial charge >= 0.3 is 0 Å². The number of hydrogen-bond acceptors (Lipinski definition) is 6. The SMILES string of the molecule is CC(C)(C)c1ccc(C(C)(C)C)c2nc3c(nc12)c1nc2c(C(C)(C)C)ccc(C(C)(C)C)c2nc1c1nc2c(C(C)(C)C)ccc(C(C)(C)C)c2nc31. The van der Waals surface area contributed by atoms with Crippen molar-refractivity contribution in [1.82, 2.24) is 29.9 Å². The van der Waals surface area contributed by atoms with Crippen molar-refractivity contribution >= 4 is 66.2 Å². The maximum atomic E-state index is 5.64. The monoisotopic (exact) mass is 720 g/mol. The van der Waals surface area contributed by atoms with Crippen LogP contribution in [0.25, 0.3) is 66.2 Å². The van der Waals surface area contributed by atoms with Crippen LogP contribution in [0, 0.1) is 0 Å². The summed E-state index contributed by atoms with van der Waals surface area (Å²) in [5, 5.41) is 0. The van der Waals surface area contributed by atoms with Crippen molar-refractivity contribution in [2.24, 2.45) is 0 Å². The third-order valence-electron chi connectivity index (χ3n) is 11.0. The quantitative estimate of drug-likeness (QED) is 0.115. The number of benzene rings is 4. The van der Waals surface area contributed by atoms with Crippen molar-refractivity contribution < 1.29 is 0 Å². The molecule has 6 nitrogen and oxygen atoms in total. The van der Waals surface area contributed by atoms with Gasteiger partial charge in [-0.05, 0) is 65.9 Å². The van der Waals surface area contributed by atoms with Crippen molar-refractivity contribution in [2.75, 3.05) is 0 Å². The third kappa shape index (κ3) is 6.08. The maximum absolute atomic E-state index is 5.64. The van der Waals surface area contributed by atoms with Crippen molar-refractivity contribution in [3.63, 3.8) is 0 Å². The van der Waals surface area contributed by atoms with E-state index in [9.17, 15) is 0 Å². The number of rotatable bonds is 0. The maximum Gasteiger partial charge on any atom is 0.120 e. The molecule has 3 heterocycles. The minimum atomic E-state index is -0.163. The van der Waals surface area contributed by atoms with Crippen LogP contribution in [0.3, 0.4) is 0 Å². The zero-order chi connectivity index (χ0) is 39.9. The van der Waals surface area contributed by atoms with E-state index in [-0.39, 0.29) is 32.5 Å². The first-order chi connectivity index (χ1) is 24.6. The minimum Gasteiger partial charge on any atom is -0.242 e. The van der Waals surface area contributed by atoms with Crippen LogP contribution in [0.15, 0.2) is 36.4 Å². The van der Waals surface area contributed by atoms with Crippen LogP contribution in [0.1, 0.15) is 158 Å². The van der Waals surface area contributed by atoms with Crippen molar-refractivity contribution in [3.05, 3.63) is 69.8 Å². The molecule has 54 heavy (non-hydrogen) atoms. The number of nitrogens with zero attached hydrogens (tertiary/aromatic N) is 6. The lowest BCUT2D eigenvalue weighted by Crippen LogP contribution is -2.18. The Balaban J connectivity index is 1.86. The third-order valence-corrected chi connectivity index (χ3v) is 11.0. The van der Waals surface area contributed by atoms with Crippen molar-refractivity contribution in [2.45, 2.75) is 157 Å². The van der Waals surface area contributed by atoms with E-state index in [1.54, 1.807) is 0 Å². The highest BCUT2D eigenvalue weighted by molar-refractivity contribution is 6.21. The van der Waals surface area contributed by atoms with Gasteiger partial charge < -0.3 is 0 Å². The average molecular weight is 721 g/mol. The lowest BCUT2D eigenvalue weighted by atomic mass is 9.80. The molecule has 282 valence electrons. The molecule has 0 aliphatic carbocycles. The summed E-state index contributed by atoms with van der Waals surface area (Å²) in [5.74, 6) is 0. The predicted octanol–water partition coefficient (Wildman–Crippen LogP) is 12.8. The second-order valence-electron chi connectivity index (χ2n) is 21.8. The molecule has 0 aliphatic rings. The molecule has 0 amide bonds. The molecule has 0 aliphatic heterocycles. The molecule has 0 N–H and O–H groups in total. The fourth-order valence-electron chi connectivity index (χ4n) is 8.03. The van der Waals surface area contributed by atoms with Crippen molar-refractivity contribution in [3.8, 4) is 0 Å². The molecule has 0 fully saturated rings. The summed E-state index contributed by atoms with van der Waals surface area (Å²) in [6.45, 7) is 40.5. The van der Waals surface area contributed by atoms with Crippen LogP contribution in [0.5, 0.6) is 0 Å². The summed E-state index contributed by atoms with van der Waals surface area (Å²) in [6, 6.07) is 13.5. The molecule has 0 saturated heterocycles. The Bertz CT molecular complexity index is 2180. The summed E-state index contributed by atoms with van der Waals surface area (Å²) in [6.07, 6.45) is 0. The molecule has 0 spiro atoms. The van der Waals surface area contributed by atoms with Gasteiger partial charge in [0.15, 0.2) is 0 Å². The van der Waals surface area contributed by atoms with Gasteiger partial charge in [0.25, 0.3) is 0 Å². The van der Waals surface area contributed by atoms with E-state index in [2.05, 4.69) is 161 Å². The van der Waals surface area contributed by atoms with Gasteiger partial charge in [-0.2, -0.15) is 0 Å². The minimum absolute atomic E-state index is 0.163. The fourth-order valence-corrected chi connectivity index (χ4v) is 8.03. The molecule has 6 heteroatoms. The van der Waals surface area contributed by atoms with Gasteiger partial charge in [0.1, 0.15) is 33.1 Å². The highest BCUT2D eigenvalue weighted by atomic mass is 14.9. The standard InChI is InChI=1S/C48H60N6/c1-43(2,3)25-19-20-26(44(4,5)6)32-31(25)49-37-38(50-32)40-42(54-36-30(48(16,17)18)24-23-29(35(36)52-40)47(13,14)15)41-39(37)51-33-27(45(7,8)9)21-22-28(34(33)53-41)46(10,11)12/h19-24H,1-18H3. The molecule has 7 aromatic rings. The first-order valence-electron chi connectivity index (χ1n) is 19.7. The molecular weight excluding hydrogens is 661 g/mol. The molecule has 4 aromatic carbocycles. The Morgan fingerprint density at radius 3 is 0.407 bits per heavy atom. The molecule has 7 rings (SSSR count). The Morgan fingerprint density at radius 2 is 0.315 bits per heavy atom. The van der Waals surface area contributed by atoms with Gasteiger partial charge in [-0.15, -0.1) is 0 Å². The molecule has 0 saturated carbocycles. The topological polar surface area (TPSA) is 77.3 Å². The fraction of sp³-hybridized carbons (Fsp3) is 0.500. The lowest BCUT2D eigenvalue weighted by molar-refractivity contribution is 0.583. The van der Waals surface area contributed by atoms with Gasteiger partial charge in [-0.1, -0.05) is 161 Å². The first kappa shape index (κ1) is 38.0. The van der Waals surface area contributed by atoms with Gasteiger partial charge in [0.05, 0.1) is 33.1 Å². The van der Waals surface area contributed by atoms with Crippen LogP contribution in [-0.2, 0) is 32.5 Å². The number of fused-ring (bicyclic) bond motifs is 9. The summed E-state index contributed by atoms with van der Waals surface area (Å²) < 4.78 is 0. The molecule has 0 atom stereocenters. The lowest BCUT2D eigenvalue weighted by Gasteiger charge is -2.27. The van der Waals surface area contributed by atoms with E-state index in [0.717, 1.165) is 99.6 Å². The number of hydrogen-bond donors (Lipinski definition) is 0. The second kappa shape index (κ2) is 11.6. The Morgan fingerprint density at radius 1 is 0.204 bits per heavy atom. The first-order valence-corrected chi connectivity index (χ1v) is 19.7. The van der Waals surface area contributed by atoms with E-state index >= 15 is 0 Å².